The molecule has 0 saturated heterocycles. The lowest BCUT2D eigenvalue weighted by molar-refractivity contribution is -0.383. The first kappa shape index (κ1) is 15.0. The molecule has 1 amide bonds. The molecule has 1 aliphatic heterocycles. The van der Waals surface area contributed by atoms with Gasteiger partial charge in [-0.1, -0.05) is 36.4 Å². The first-order valence-electron chi connectivity index (χ1n) is 7.47. The molecule has 6 nitrogen and oxygen atoms in total. The molecule has 2 aromatic carbocycles. The lowest BCUT2D eigenvalue weighted by Crippen LogP contribution is -2.39. The Balaban J connectivity index is 1.64. The van der Waals surface area contributed by atoms with E-state index in [0.29, 0.717) is 18.8 Å². The highest BCUT2D eigenvalue weighted by Gasteiger charge is 2.21. The minimum atomic E-state index is -0.454. The maximum atomic E-state index is 12.4. The Morgan fingerprint density at radius 1 is 1.13 bits per heavy atom. The van der Waals surface area contributed by atoms with Crippen molar-refractivity contribution in [2.45, 2.75) is 13.0 Å². The smallest absolute Gasteiger partial charge is 0.292 e. The van der Waals surface area contributed by atoms with Crippen molar-refractivity contribution < 1.29 is 9.72 Å². The highest BCUT2D eigenvalue weighted by molar-refractivity contribution is 5.82. The van der Waals surface area contributed by atoms with E-state index in [0.717, 1.165) is 12.0 Å². The van der Waals surface area contributed by atoms with Crippen LogP contribution in [0.1, 0.15) is 11.1 Å². The predicted molar refractivity (Wildman–Crippen MR) is 87.1 cm³/mol. The van der Waals surface area contributed by atoms with Gasteiger partial charge in [0.05, 0.1) is 11.5 Å². The van der Waals surface area contributed by atoms with Crippen molar-refractivity contribution in [1.29, 1.82) is 0 Å². The van der Waals surface area contributed by atoms with Gasteiger partial charge in [-0.05, 0) is 23.6 Å². The van der Waals surface area contributed by atoms with Crippen molar-refractivity contribution in [1.82, 2.24) is 4.90 Å². The minimum absolute atomic E-state index is 0.0238. The molecule has 0 aliphatic carbocycles. The van der Waals surface area contributed by atoms with E-state index in [9.17, 15) is 14.9 Å². The molecule has 0 radical (unpaired) electrons. The number of nitrogens with zero attached hydrogens (tertiary/aromatic N) is 2. The van der Waals surface area contributed by atoms with Crippen molar-refractivity contribution >= 4 is 17.3 Å². The first-order chi connectivity index (χ1) is 11.1. The SMILES string of the molecule is O=C(CNc1ccccc1[N+](=O)[O-])N1CCc2ccccc2C1. The van der Waals surface area contributed by atoms with Crippen LogP contribution in [-0.2, 0) is 17.8 Å². The fraction of sp³-hybridized carbons (Fsp3) is 0.235. The quantitative estimate of drug-likeness (QED) is 0.695. The third-order valence-corrected chi connectivity index (χ3v) is 4.01. The molecule has 0 aromatic heterocycles. The van der Waals surface area contributed by atoms with Gasteiger partial charge in [0.1, 0.15) is 5.69 Å². The molecule has 0 saturated carbocycles. The van der Waals surface area contributed by atoms with Crippen LogP contribution in [0.3, 0.4) is 0 Å². The third kappa shape index (κ3) is 3.31. The standard InChI is InChI=1S/C17H17N3O3/c21-17(11-18-15-7-3-4-8-16(15)20(22)23)19-10-9-13-5-1-2-6-14(13)12-19/h1-8,18H,9-12H2. The van der Waals surface area contributed by atoms with E-state index in [4.69, 9.17) is 0 Å². The van der Waals surface area contributed by atoms with Crippen molar-refractivity contribution in [3.05, 3.63) is 69.8 Å². The Hall–Kier alpha value is -2.89. The van der Waals surface area contributed by atoms with E-state index < -0.39 is 4.92 Å². The normalized spacial score (nSPS) is 13.3. The number of nitrogens with one attached hydrogen (secondary N) is 1. The average Bonchev–Trinajstić information content (AvgIpc) is 2.59. The Morgan fingerprint density at radius 3 is 2.61 bits per heavy atom. The largest absolute Gasteiger partial charge is 0.371 e. The van der Waals surface area contributed by atoms with Crippen LogP contribution in [-0.4, -0.2) is 28.8 Å². The average molecular weight is 311 g/mol. The molecule has 0 unspecified atom stereocenters. The number of hydrogen-bond acceptors (Lipinski definition) is 4. The Labute approximate surface area is 133 Å². The summed E-state index contributed by atoms with van der Waals surface area (Å²) in [7, 11) is 0. The third-order valence-electron chi connectivity index (χ3n) is 4.01. The fourth-order valence-electron chi connectivity index (χ4n) is 2.77. The molecule has 0 atom stereocenters. The van der Waals surface area contributed by atoms with Crippen molar-refractivity contribution in [3.63, 3.8) is 0 Å². The summed E-state index contributed by atoms with van der Waals surface area (Å²) >= 11 is 0. The van der Waals surface area contributed by atoms with E-state index in [1.165, 1.54) is 11.6 Å². The maximum Gasteiger partial charge on any atom is 0.292 e. The van der Waals surface area contributed by atoms with Gasteiger partial charge in [-0.15, -0.1) is 0 Å². The van der Waals surface area contributed by atoms with Crippen molar-refractivity contribution in [3.8, 4) is 0 Å². The number of para-hydroxylation sites is 2. The molecule has 1 aliphatic rings. The number of nitro groups is 1. The van der Waals surface area contributed by atoms with E-state index in [1.807, 2.05) is 18.2 Å². The Morgan fingerprint density at radius 2 is 1.83 bits per heavy atom. The van der Waals surface area contributed by atoms with Crippen LogP contribution in [0.15, 0.2) is 48.5 Å². The molecule has 6 heteroatoms. The lowest BCUT2D eigenvalue weighted by Gasteiger charge is -2.29. The number of amides is 1. The summed E-state index contributed by atoms with van der Waals surface area (Å²) in [6.07, 6.45) is 0.841. The van der Waals surface area contributed by atoms with Gasteiger partial charge in [-0.25, -0.2) is 0 Å². The van der Waals surface area contributed by atoms with Gasteiger partial charge in [0.15, 0.2) is 0 Å². The van der Waals surface area contributed by atoms with Crippen LogP contribution in [0.2, 0.25) is 0 Å². The predicted octanol–water partition coefficient (Wildman–Crippen LogP) is 2.59. The highest BCUT2D eigenvalue weighted by Crippen LogP contribution is 2.23. The van der Waals surface area contributed by atoms with Crippen molar-refractivity contribution in [2.75, 3.05) is 18.4 Å². The number of rotatable bonds is 4. The molecule has 3 rings (SSSR count). The molecule has 0 spiro atoms. The van der Waals surface area contributed by atoms with Crippen LogP contribution in [0.25, 0.3) is 0 Å². The second-order valence-electron chi connectivity index (χ2n) is 5.46. The van der Waals surface area contributed by atoms with Crippen molar-refractivity contribution in [2.24, 2.45) is 0 Å². The summed E-state index contributed by atoms with van der Waals surface area (Å²) < 4.78 is 0. The summed E-state index contributed by atoms with van der Waals surface area (Å²) in [5.74, 6) is -0.0577. The fourth-order valence-corrected chi connectivity index (χ4v) is 2.77. The number of hydrogen-bond donors (Lipinski definition) is 1. The number of carbonyl (C=O) groups excluding carboxylic acids is 1. The number of anilines is 1. The second kappa shape index (κ2) is 6.48. The van der Waals surface area contributed by atoms with Crippen LogP contribution in [0.5, 0.6) is 0 Å². The van der Waals surface area contributed by atoms with E-state index in [1.54, 1.807) is 23.1 Å². The van der Waals surface area contributed by atoms with E-state index >= 15 is 0 Å². The van der Waals surface area contributed by atoms with E-state index in [-0.39, 0.29) is 18.1 Å². The summed E-state index contributed by atoms with van der Waals surface area (Å²) in [4.78, 5) is 24.7. The molecule has 118 valence electrons. The van der Waals surface area contributed by atoms with Gasteiger partial charge in [0.2, 0.25) is 5.91 Å². The highest BCUT2D eigenvalue weighted by atomic mass is 16.6. The van der Waals surface area contributed by atoms with Crippen LogP contribution < -0.4 is 5.32 Å². The molecule has 1 heterocycles. The molecule has 2 aromatic rings. The Kier molecular flexibility index (Phi) is 4.23. The second-order valence-corrected chi connectivity index (χ2v) is 5.46. The summed E-state index contributed by atoms with van der Waals surface area (Å²) in [5, 5.41) is 13.9. The number of fused-ring (bicyclic) bond motifs is 1. The zero-order valence-electron chi connectivity index (χ0n) is 12.6. The van der Waals surface area contributed by atoms with Gasteiger partial charge in [0.25, 0.3) is 5.69 Å². The molecular formula is C17H17N3O3. The van der Waals surface area contributed by atoms with E-state index in [2.05, 4.69) is 11.4 Å². The van der Waals surface area contributed by atoms with Crippen LogP contribution in [0.4, 0.5) is 11.4 Å². The zero-order valence-corrected chi connectivity index (χ0v) is 12.6. The Bertz CT molecular complexity index is 745. The summed E-state index contributed by atoms with van der Waals surface area (Å²) in [6.45, 7) is 1.31. The molecule has 0 fully saturated rings. The number of nitro benzene ring substituents is 1. The van der Waals surface area contributed by atoms with Crippen LogP contribution in [0, 0.1) is 10.1 Å². The van der Waals surface area contributed by atoms with Gasteiger partial charge in [-0.2, -0.15) is 0 Å². The number of carbonyl (C=O) groups is 1. The lowest BCUT2D eigenvalue weighted by atomic mass is 10.00. The molecular weight excluding hydrogens is 294 g/mol. The van der Waals surface area contributed by atoms with Crippen LogP contribution >= 0.6 is 0 Å². The van der Waals surface area contributed by atoms with Gasteiger partial charge in [0, 0.05) is 19.2 Å². The topological polar surface area (TPSA) is 75.5 Å². The monoisotopic (exact) mass is 311 g/mol. The van der Waals surface area contributed by atoms with Gasteiger partial charge < -0.3 is 10.2 Å². The molecule has 23 heavy (non-hydrogen) atoms. The number of benzene rings is 2. The maximum absolute atomic E-state index is 12.4. The first-order valence-corrected chi connectivity index (χ1v) is 7.47. The summed E-state index contributed by atoms with van der Waals surface area (Å²) in [6, 6.07) is 14.4. The van der Waals surface area contributed by atoms with Gasteiger partial charge in [-0.3, -0.25) is 14.9 Å². The van der Waals surface area contributed by atoms with Gasteiger partial charge >= 0.3 is 0 Å². The molecule has 1 N–H and O–H groups in total. The minimum Gasteiger partial charge on any atom is -0.371 e. The molecule has 0 bridgehead atoms. The summed E-state index contributed by atoms with van der Waals surface area (Å²) in [5.41, 5.74) is 2.79. The zero-order chi connectivity index (χ0) is 16.2.